The first-order valence-electron chi connectivity index (χ1n) is 9.83. The first-order valence-corrected chi connectivity index (χ1v) is 12.0. The Morgan fingerprint density at radius 3 is 1.93 bits per heavy atom. The summed E-state index contributed by atoms with van der Waals surface area (Å²) >= 11 is 4.54. The lowest BCUT2D eigenvalue weighted by molar-refractivity contribution is 0.0636. The van der Waals surface area contributed by atoms with Crippen LogP contribution in [0.3, 0.4) is 0 Å². The fourth-order valence-corrected chi connectivity index (χ4v) is 2.99. The standard InChI is InChI=1S/C12H16INO2.C7H8IN.C4H8O/c1-8-7-9(5-6-10(8)13)14-11(15)16-12(2,3)4;1-5-4-6(9)2-3-7(5)8;1-2-4-5-3-1/h5-7H,1-4H3,(H,14,15);2-4H,9H2,1H3;1-4H2. The summed E-state index contributed by atoms with van der Waals surface area (Å²) in [5.74, 6) is 0. The van der Waals surface area contributed by atoms with Crippen LogP contribution in [0.4, 0.5) is 16.2 Å². The number of anilines is 2. The van der Waals surface area contributed by atoms with Gasteiger partial charge in [-0.25, -0.2) is 4.79 Å². The maximum absolute atomic E-state index is 11.5. The van der Waals surface area contributed by atoms with E-state index in [2.05, 4.69) is 57.4 Å². The van der Waals surface area contributed by atoms with E-state index in [1.165, 1.54) is 25.5 Å². The van der Waals surface area contributed by atoms with Crippen molar-refractivity contribution in [3.05, 3.63) is 54.7 Å². The molecule has 0 aliphatic carbocycles. The van der Waals surface area contributed by atoms with Gasteiger partial charge >= 0.3 is 6.09 Å². The van der Waals surface area contributed by atoms with Gasteiger partial charge in [0.1, 0.15) is 5.60 Å². The van der Waals surface area contributed by atoms with Crippen molar-refractivity contribution in [2.45, 2.75) is 53.1 Å². The number of nitrogens with one attached hydrogen (secondary N) is 1. The van der Waals surface area contributed by atoms with Gasteiger partial charge in [-0.05, 0) is 140 Å². The number of carbonyl (C=O) groups excluding carboxylic acids is 1. The molecule has 0 bridgehead atoms. The van der Waals surface area contributed by atoms with Crippen LogP contribution in [-0.2, 0) is 9.47 Å². The average molecular weight is 638 g/mol. The number of amides is 1. The second-order valence-corrected chi connectivity index (χ2v) is 10.2. The Bertz CT molecular complexity index is 809. The van der Waals surface area contributed by atoms with E-state index >= 15 is 0 Å². The van der Waals surface area contributed by atoms with Crippen LogP contribution in [0.25, 0.3) is 0 Å². The molecule has 0 spiro atoms. The lowest BCUT2D eigenvalue weighted by Crippen LogP contribution is -2.27. The highest BCUT2D eigenvalue weighted by molar-refractivity contribution is 14.1. The molecule has 2 aromatic rings. The Kier molecular flexibility index (Phi) is 12.0. The number of ether oxygens (including phenoxy) is 2. The molecule has 7 heteroatoms. The maximum atomic E-state index is 11.5. The molecule has 1 fully saturated rings. The van der Waals surface area contributed by atoms with E-state index in [0.717, 1.165) is 30.2 Å². The number of carbonyl (C=O) groups is 1. The normalized spacial score (nSPS) is 12.8. The van der Waals surface area contributed by atoms with Gasteiger partial charge in [-0.15, -0.1) is 0 Å². The zero-order valence-corrected chi connectivity index (χ0v) is 22.7. The highest BCUT2D eigenvalue weighted by Crippen LogP contribution is 2.18. The molecule has 5 nitrogen and oxygen atoms in total. The van der Waals surface area contributed by atoms with Crippen molar-refractivity contribution in [2.75, 3.05) is 24.3 Å². The molecular formula is C23H32I2N2O3. The van der Waals surface area contributed by atoms with Crippen LogP contribution in [0.1, 0.15) is 44.7 Å². The first kappa shape index (κ1) is 27.0. The Hall–Kier alpha value is -1.07. The summed E-state index contributed by atoms with van der Waals surface area (Å²) in [4.78, 5) is 11.5. The molecule has 0 radical (unpaired) electrons. The Balaban J connectivity index is 0.000000266. The van der Waals surface area contributed by atoms with Gasteiger partial charge in [0.25, 0.3) is 0 Å². The quantitative estimate of drug-likeness (QED) is 0.263. The Labute approximate surface area is 207 Å². The van der Waals surface area contributed by atoms with E-state index < -0.39 is 11.7 Å². The monoisotopic (exact) mass is 638 g/mol. The third-order valence-electron chi connectivity index (χ3n) is 3.81. The summed E-state index contributed by atoms with van der Waals surface area (Å²) in [6.45, 7) is 11.6. The predicted molar refractivity (Wildman–Crippen MR) is 142 cm³/mol. The second-order valence-electron chi connectivity index (χ2n) is 7.92. The molecular weight excluding hydrogens is 606 g/mol. The highest BCUT2D eigenvalue weighted by atomic mass is 127. The first-order chi connectivity index (χ1) is 14.0. The molecule has 1 aliphatic heterocycles. The molecule has 3 rings (SSSR count). The van der Waals surface area contributed by atoms with E-state index in [0.29, 0.717) is 0 Å². The molecule has 1 saturated heterocycles. The summed E-state index contributed by atoms with van der Waals surface area (Å²) in [7, 11) is 0. The minimum absolute atomic E-state index is 0.423. The number of nitrogen functional groups attached to an aromatic ring is 1. The molecule has 1 aliphatic rings. The Morgan fingerprint density at radius 1 is 1.00 bits per heavy atom. The van der Waals surface area contributed by atoms with Crippen LogP contribution in [0.5, 0.6) is 0 Å². The molecule has 30 heavy (non-hydrogen) atoms. The van der Waals surface area contributed by atoms with E-state index in [-0.39, 0.29) is 0 Å². The van der Waals surface area contributed by atoms with Crippen LogP contribution in [0.2, 0.25) is 0 Å². The molecule has 0 unspecified atom stereocenters. The van der Waals surface area contributed by atoms with Crippen molar-refractivity contribution in [3.63, 3.8) is 0 Å². The molecule has 0 aromatic heterocycles. The largest absolute Gasteiger partial charge is 0.444 e. The summed E-state index contributed by atoms with van der Waals surface area (Å²) in [6, 6.07) is 11.6. The fraction of sp³-hybridized carbons (Fsp3) is 0.435. The molecule has 1 heterocycles. The number of halogens is 2. The summed E-state index contributed by atoms with van der Waals surface area (Å²) in [5, 5.41) is 2.70. The van der Waals surface area contributed by atoms with Crippen molar-refractivity contribution < 1.29 is 14.3 Å². The lowest BCUT2D eigenvalue weighted by atomic mass is 10.2. The van der Waals surface area contributed by atoms with Crippen LogP contribution in [-0.4, -0.2) is 24.9 Å². The van der Waals surface area contributed by atoms with Crippen molar-refractivity contribution >= 4 is 62.6 Å². The fourth-order valence-electron chi connectivity index (χ4n) is 2.32. The number of hydrogen-bond donors (Lipinski definition) is 2. The van der Waals surface area contributed by atoms with E-state index in [9.17, 15) is 4.79 Å². The van der Waals surface area contributed by atoms with Crippen molar-refractivity contribution in [1.82, 2.24) is 0 Å². The summed E-state index contributed by atoms with van der Waals surface area (Å²) < 4.78 is 12.5. The number of rotatable bonds is 1. The maximum Gasteiger partial charge on any atom is 0.412 e. The number of nitrogens with two attached hydrogens (primary N) is 1. The predicted octanol–water partition coefficient (Wildman–Crippen LogP) is 6.93. The summed E-state index contributed by atoms with van der Waals surface area (Å²) in [6.07, 6.45) is 2.13. The van der Waals surface area contributed by atoms with Crippen molar-refractivity contribution in [3.8, 4) is 0 Å². The molecule has 166 valence electrons. The van der Waals surface area contributed by atoms with E-state index in [4.69, 9.17) is 15.2 Å². The minimum Gasteiger partial charge on any atom is -0.444 e. The molecule has 0 saturated carbocycles. The number of hydrogen-bond acceptors (Lipinski definition) is 4. The van der Waals surface area contributed by atoms with Crippen LogP contribution in [0, 0.1) is 21.0 Å². The van der Waals surface area contributed by atoms with Gasteiger partial charge in [0.05, 0.1) is 0 Å². The average Bonchev–Trinajstić information content (AvgIpc) is 3.20. The second kappa shape index (κ2) is 13.4. The molecule has 3 N–H and O–H groups in total. The summed E-state index contributed by atoms with van der Waals surface area (Å²) in [5.41, 5.74) is 9.03. The van der Waals surface area contributed by atoms with Gasteiger partial charge in [0.2, 0.25) is 0 Å². The van der Waals surface area contributed by atoms with Crippen LogP contribution >= 0.6 is 45.2 Å². The topological polar surface area (TPSA) is 73.6 Å². The highest BCUT2D eigenvalue weighted by Gasteiger charge is 2.16. The SMILES string of the molecule is C1CCOC1.Cc1cc(N)ccc1I.Cc1cc(NC(=O)OC(C)(C)C)ccc1I. The number of benzene rings is 2. The lowest BCUT2D eigenvalue weighted by Gasteiger charge is -2.19. The van der Waals surface area contributed by atoms with Crippen LogP contribution in [0.15, 0.2) is 36.4 Å². The zero-order valence-electron chi connectivity index (χ0n) is 18.4. The molecule has 0 atom stereocenters. The number of aryl methyl sites for hydroxylation is 2. The third kappa shape index (κ3) is 11.9. The van der Waals surface area contributed by atoms with E-state index in [1.54, 1.807) is 0 Å². The molecule has 1 amide bonds. The van der Waals surface area contributed by atoms with Gasteiger partial charge in [0.15, 0.2) is 0 Å². The van der Waals surface area contributed by atoms with Gasteiger partial charge in [-0.3, -0.25) is 5.32 Å². The van der Waals surface area contributed by atoms with E-state index in [1.807, 2.05) is 64.1 Å². The van der Waals surface area contributed by atoms with Gasteiger partial charge in [-0.2, -0.15) is 0 Å². The van der Waals surface area contributed by atoms with Gasteiger partial charge in [0, 0.05) is 31.7 Å². The van der Waals surface area contributed by atoms with Gasteiger partial charge in [-0.1, -0.05) is 0 Å². The Morgan fingerprint density at radius 2 is 1.53 bits per heavy atom. The smallest absolute Gasteiger partial charge is 0.412 e. The zero-order chi connectivity index (χ0) is 22.7. The third-order valence-corrected chi connectivity index (χ3v) is 6.23. The minimum atomic E-state index is -0.470. The van der Waals surface area contributed by atoms with Gasteiger partial charge < -0.3 is 15.2 Å². The molecule has 2 aromatic carbocycles. The van der Waals surface area contributed by atoms with Crippen molar-refractivity contribution in [1.29, 1.82) is 0 Å². The van der Waals surface area contributed by atoms with Crippen molar-refractivity contribution in [2.24, 2.45) is 0 Å². The van der Waals surface area contributed by atoms with Crippen LogP contribution < -0.4 is 11.1 Å².